The van der Waals surface area contributed by atoms with Crippen LogP contribution >= 0.6 is 23.2 Å². The number of nitrogens with zero attached hydrogens (tertiary/aromatic N) is 2. The standard InChI is InChI=1S/C36H37Cl2N3O4S/c1-26-16-18-28(19-17-26)24-40(34(22-27-10-4-2-5-11-27)36(43)39-29-12-8-9-13-29)35(42)25-41(30-20-21-32(37)33(38)23-30)46(44,45)31-14-6-3-7-15-31/h2-7,10-11,14-21,23,29,34H,8-9,12-13,22,24-25H2,1H3,(H,39,43)/t34-/m0/s1. The molecule has 10 heteroatoms. The monoisotopic (exact) mass is 677 g/mol. The molecule has 4 aromatic rings. The first kappa shape index (κ1) is 33.5. The molecule has 1 N–H and O–H groups in total. The topological polar surface area (TPSA) is 86.8 Å². The van der Waals surface area contributed by atoms with E-state index in [4.69, 9.17) is 23.2 Å². The highest BCUT2D eigenvalue weighted by Crippen LogP contribution is 2.31. The molecule has 1 fully saturated rings. The van der Waals surface area contributed by atoms with Crippen molar-refractivity contribution < 1.29 is 18.0 Å². The molecule has 0 aliphatic heterocycles. The fourth-order valence-electron chi connectivity index (χ4n) is 5.70. The zero-order chi connectivity index (χ0) is 32.7. The van der Waals surface area contributed by atoms with Crippen molar-refractivity contribution in [2.75, 3.05) is 10.8 Å². The summed E-state index contributed by atoms with van der Waals surface area (Å²) >= 11 is 12.5. The molecule has 0 unspecified atom stereocenters. The van der Waals surface area contributed by atoms with Gasteiger partial charge >= 0.3 is 0 Å². The maximum Gasteiger partial charge on any atom is 0.264 e. The fourth-order valence-corrected chi connectivity index (χ4v) is 7.42. The Morgan fingerprint density at radius 1 is 0.826 bits per heavy atom. The molecule has 1 aliphatic carbocycles. The molecule has 240 valence electrons. The van der Waals surface area contributed by atoms with E-state index < -0.39 is 28.5 Å². The predicted octanol–water partition coefficient (Wildman–Crippen LogP) is 7.20. The molecule has 0 aromatic heterocycles. The molecule has 0 spiro atoms. The molecule has 2 amide bonds. The average Bonchev–Trinajstić information content (AvgIpc) is 3.57. The molecule has 0 saturated heterocycles. The Morgan fingerprint density at radius 2 is 1.46 bits per heavy atom. The summed E-state index contributed by atoms with van der Waals surface area (Å²) in [6.45, 7) is 1.52. The second-order valence-electron chi connectivity index (χ2n) is 11.6. The summed E-state index contributed by atoms with van der Waals surface area (Å²) in [4.78, 5) is 30.2. The maximum atomic E-state index is 14.6. The van der Waals surface area contributed by atoms with Gasteiger partial charge in [0.2, 0.25) is 11.8 Å². The minimum Gasteiger partial charge on any atom is -0.352 e. The van der Waals surface area contributed by atoms with Crippen LogP contribution in [0, 0.1) is 6.92 Å². The number of sulfonamides is 1. The summed E-state index contributed by atoms with van der Waals surface area (Å²) in [7, 11) is -4.23. The minimum atomic E-state index is -4.23. The molecule has 0 heterocycles. The lowest BCUT2D eigenvalue weighted by molar-refractivity contribution is -0.140. The van der Waals surface area contributed by atoms with Crippen molar-refractivity contribution in [1.82, 2.24) is 10.2 Å². The first-order chi connectivity index (χ1) is 22.1. The number of carbonyl (C=O) groups excluding carboxylic acids is 2. The molecule has 1 saturated carbocycles. The van der Waals surface area contributed by atoms with E-state index in [9.17, 15) is 18.0 Å². The summed E-state index contributed by atoms with van der Waals surface area (Å²) < 4.78 is 29.2. The number of nitrogens with one attached hydrogen (secondary N) is 1. The van der Waals surface area contributed by atoms with Crippen LogP contribution in [0.1, 0.15) is 42.4 Å². The molecule has 7 nitrogen and oxygen atoms in total. The quantitative estimate of drug-likeness (QED) is 0.172. The summed E-state index contributed by atoms with van der Waals surface area (Å²) in [6, 6.07) is 28.7. The van der Waals surface area contributed by atoms with E-state index in [1.807, 2.05) is 61.5 Å². The zero-order valence-corrected chi connectivity index (χ0v) is 27.9. The summed E-state index contributed by atoms with van der Waals surface area (Å²) in [5.74, 6) is -0.795. The first-order valence-corrected chi connectivity index (χ1v) is 17.5. The number of hydrogen-bond acceptors (Lipinski definition) is 4. The number of benzene rings is 4. The molecule has 1 aliphatic rings. The SMILES string of the molecule is Cc1ccc(CN(C(=O)CN(c2ccc(Cl)c(Cl)c2)S(=O)(=O)c2ccccc2)[C@@H](Cc2ccccc2)C(=O)NC2CCCC2)cc1. The van der Waals surface area contributed by atoms with Crippen LogP contribution in [0.5, 0.6) is 0 Å². The van der Waals surface area contributed by atoms with E-state index in [1.165, 1.54) is 35.2 Å². The smallest absolute Gasteiger partial charge is 0.264 e. The molecule has 1 atom stereocenters. The summed E-state index contributed by atoms with van der Waals surface area (Å²) in [6.07, 6.45) is 4.11. The van der Waals surface area contributed by atoms with Gasteiger partial charge in [0, 0.05) is 19.0 Å². The van der Waals surface area contributed by atoms with Gasteiger partial charge in [0.25, 0.3) is 10.0 Å². The van der Waals surface area contributed by atoms with Gasteiger partial charge in [0.15, 0.2) is 0 Å². The van der Waals surface area contributed by atoms with Crippen LogP contribution in [-0.2, 0) is 32.6 Å². The third-order valence-corrected chi connectivity index (χ3v) is 10.8. The second-order valence-corrected chi connectivity index (χ2v) is 14.3. The lowest BCUT2D eigenvalue weighted by Crippen LogP contribution is -2.54. The Bertz CT molecular complexity index is 1750. The Balaban J connectivity index is 1.57. The Kier molecular flexibility index (Phi) is 11.0. The molecular weight excluding hydrogens is 641 g/mol. The van der Waals surface area contributed by atoms with Gasteiger partial charge in [-0.2, -0.15) is 0 Å². The normalized spacial score (nSPS) is 14.1. The number of halogens is 2. The summed E-state index contributed by atoms with van der Waals surface area (Å²) in [5, 5.41) is 3.59. The second kappa shape index (κ2) is 15.2. The van der Waals surface area contributed by atoms with Crippen molar-refractivity contribution in [2.24, 2.45) is 0 Å². The van der Waals surface area contributed by atoms with Gasteiger partial charge in [-0.05, 0) is 61.2 Å². The van der Waals surface area contributed by atoms with Gasteiger partial charge in [0.1, 0.15) is 12.6 Å². The lowest BCUT2D eigenvalue weighted by Gasteiger charge is -2.34. The van der Waals surface area contributed by atoms with Crippen molar-refractivity contribution in [2.45, 2.75) is 62.6 Å². The van der Waals surface area contributed by atoms with Crippen LogP contribution in [0.25, 0.3) is 0 Å². The Morgan fingerprint density at radius 3 is 2.09 bits per heavy atom. The predicted molar refractivity (Wildman–Crippen MR) is 183 cm³/mol. The van der Waals surface area contributed by atoms with Crippen LogP contribution < -0.4 is 9.62 Å². The average molecular weight is 679 g/mol. The molecule has 5 rings (SSSR count). The van der Waals surface area contributed by atoms with Gasteiger partial charge in [-0.3, -0.25) is 13.9 Å². The van der Waals surface area contributed by atoms with Crippen LogP contribution in [0.2, 0.25) is 10.0 Å². The minimum absolute atomic E-state index is 0.0127. The van der Waals surface area contributed by atoms with E-state index in [-0.39, 0.29) is 45.5 Å². The van der Waals surface area contributed by atoms with Gasteiger partial charge in [-0.15, -0.1) is 0 Å². The Labute approximate surface area is 281 Å². The van der Waals surface area contributed by atoms with Crippen molar-refractivity contribution in [3.8, 4) is 0 Å². The van der Waals surface area contributed by atoms with Gasteiger partial charge in [-0.25, -0.2) is 8.42 Å². The van der Waals surface area contributed by atoms with Crippen molar-refractivity contribution in [3.63, 3.8) is 0 Å². The van der Waals surface area contributed by atoms with Gasteiger partial charge in [0.05, 0.1) is 20.6 Å². The third-order valence-electron chi connectivity index (χ3n) is 8.25. The number of anilines is 1. The number of hydrogen-bond donors (Lipinski definition) is 1. The van der Waals surface area contributed by atoms with E-state index in [0.29, 0.717) is 0 Å². The number of rotatable bonds is 12. The van der Waals surface area contributed by atoms with Crippen LogP contribution in [0.15, 0.2) is 108 Å². The van der Waals surface area contributed by atoms with E-state index in [2.05, 4.69) is 5.32 Å². The molecular formula is C36H37Cl2N3O4S. The van der Waals surface area contributed by atoms with Crippen LogP contribution in [0.4, 0.5) is 5.69 Å². The highest BCUT2D eigenvalue weighted by molar-refractivity contribution is 7.92. The van der Waals surface area contributed by atoms with E-state index in [1.54, 1.807) is 18.2 Å². The van der Waals surface area contributed by atoms with Crippen LogP contribution in [-0.4, -0.2) is 43.8 Å². The molecule has 0 bridgehead atoms. The van der Waals surface area contributed by atoms with Gasteiger partial charge < -0.3 is 10.2 Å². The molecule has 4 aromatic carbocycles. The number of amides is 2. The highest BCUT2D eigenvalue weighted by Gasteiger charge is 2.35. The zero-order valence-electron chi connectivity index (χ0n) is 25.6. The van der Waals surface area contributed by atoms with Crippen molar-refractivity contribution in [3.05, 3.63) is 130 Å². The van der Waals surface area contributed by atoms with Crippen molar-refractivity contribution in [1.29, 1.82) is 0 Å². The first-order valence-electron chi connectivity index (χ1n) is 15.3. The van der Waals surface area contributed by atoms with E-state index in [0.717, 1.165) is 46.7 Å². The van der Waals surface area contributed by atoms with Gasteiger partial charge in [-0.1, -0.05) is 114 Å². The largest absolute Gasteiger partial charge is 0.352 e. The Hall–Kier alpha value is -3.85. The van der Waals surface area contributed by atoms with Crippen molar-refractivity contribution >= 4 is 50.7 Å². The number of carbonyl (C=O) groups is 2. The maximum absolute atomic E-state index is 14.6. The van der Waals surface area contributed by atoms with Crippen LogP contribution in [0.3, 0.4) is 0 Å². The summed E-state index contributed by atoms with van der Waals surface area (Å²) in [5.41, 5.74) is 2.93. The van der Waals surface area contributed by atoms with E-state index >= 15 is 0 Å². The highest BCUT2D eigenvalue weighted by atomic mass is 35.5. The molecule has 46 heavy (non-hydrogen) atoms. The fraction of sp³-hybridized carbons (Fsp3) is 0.278. The lowest BCUT2D eigenvalue weighted by atomic mass is 10.0. The number of aryl methyl sites for hydroxylation is 1. The third kappa shape index (κ3) is 8.29. The molecule has 0 radical (unpaired) electrons.